The second-order valence-corrected chi connectivity index (χ2v) is 14.3. The molecule has 0 unspecified atom stereocenters. The van der Waals surface area contributed by atoms with Gasteiger partial charge >= 0.3 is 12.1 Å². The molecule has 1 amide bonds. The smallest absolute Gasteiger partial charge is 0.410 e. The molecule has 5 aromatic rings. The Morgan fingerprint density at radius 2 is 1.69 bits per heavy atom. The molecule has 3 aromatic carbocycles. The van der Waals surface area contributed by atoms with Crippen LogP contribution < -0.4 is 4.74 Å². The molecule has 0 radical (unpaired) electrons. The van der Waals surface area contributed by atoms with Gasteiger partial charge in [0.2, 0.25) is 0 Å². The molecule has 5 rings (SSSR count). The van der Waals surface area contributed by atoms with E-state index >= 15 is 0 Å². The maximum absolute atomic E-state index is 14.0. The highest BCUT2D eigenvalue weighted by atomic mass is 16.6. The summed E-state index contributed by atoms with van der Waals surface area (Å²) in [5, 5.41) is 18.6. The number of hydrogen-bond donors (Lipinski definition) is 1. The number of rotatable bonds is 15. The van der Waals surface area contributed by atoms with E-state index in [2.05, 4.69) is 48.7 Å². The number of benzene rings is 3. The molecule has 278 valence electrons. The van der Waals surface area contributed by atoms with Gasteiger partial charge in [0.25, 0.3) is 0 Å². The van der Waals surface area contributed by atoms with E-state index in [0.717, 1.165) is 73.9 Å². The molecular formula is C42H54N4O6. The first-order valence-electron chi connectivity index (χ1n) is 18.4. The van der Waals surface area contributed by atoms with Crippen LogP contribution in [0, 0.1) is 6.92 Å². The van der Waals surface area contributed by atoms with Crippen LogP contribution in [0.25, 0.3) is 32.8 Å². The van der Waals surface area contributed by atoms with Crippen molar-refractivity contribution >= 4 is 33.7 Å². The lowest BCUT2D eigenvalue weighted by Crippen LogP contribution is -2.35. The summed E-state index contributed by atoms with van der Waals surface area (Å²) in [6.07, 6.45) is 3.03. The van der Waals surface area contributed by atoms with Gasteiger partial charge in [-0.25, -0.2) is 9.59 Å². The monoisotopic (exact) mass is 710 g/mol. The van der Waals surface area contributed by atoms with Gasteiger partial charge in [-0.3, -0.25) is 4.68 Å². The number of aryl methyl sites for hydroxylation is 5. The number of aliphatic hydroxyl groups is 1. The van der Waals surface area contributed by atoms with Gasteiger partial charge < -0.3 is 28.8 Å². The molecule has 0 saturated carbocycles. The SMILES string of the molecule is CCCc1nn(C)c(CO)c1-c1c(C)ccc2c(CCCOc3cccc4ccccc34)c(C(=O)OCC)n(CCCN(C)C(=O)OC(C)(C)C)c12. The van der Waals surface area contributed by atoms with E-state index < -0.39 is 17.7 Å². The molecule has 0 aliphatic rings. The fraction of sp³-hybridized carbons (Fsp3) is 0.452. The summed E-state index contributed by atoms with van der Waals surface area (Å²) in [5.41, 5.74) is 6.17. The average molecular weight is 711 g/mol. The Bertz CT molecular complexity index is 2030. The number of hydrogen-bond acceptors (Lipinski definition) is 7. The van der Waals surface area contributed by atoms with Crippen LogP contribution in [-0.4, -0.2) is 68.8 Å². The van der Waals surface area contributed by atoms with E-state index in [0.29, 0.717) is 44.7 Å². The van der Waals surface area contributed by atoms with Gasteiger partial charge in [-0.05, 0) is 82.9 Å². The highest BCUT2D eigenvalue weighted by Gasteiger charge is 2.29. The number of carbonyl (C=O) groups is 2. The number of amides is 1. The second kappa shape index (κ2) is 16.7. The standard InChI is InChI=1S/C42H54N4O6/c1-9-16-33-37(34(27-47)45(8)43-33)36-28(3)22-23-32-31(20-14-26-51-35-21-13-18-29-17-11-12-19-30(29)35)39(40(48)50-10-2)46(38(32)36)25-15-24-44(7)41(49)52-42(4,5)6/h11-13,17-19,21-23,47H,9-10,14-16,20,24-27H2,1-8H3. The molecule has 0 spiro atoms. The molecule has 52 heavy (non-hydrogen) atoms. The lowest BCUT2D eigenvalue weighted by Gasteiger charge is -2.25. The highest BCUT2D eigenvalue weighted by molar-refractivity contribution is 6.05. The highest BCUT2D eigenvalue weighted by Crippen LogP contribution is 2.41. The second-order valence-electron chi connectivity index (χ2n) is 14.3. The van der Waals surface area contributed by atoms with Crippen LogP contribution in [0.4, 0.5) is 4.79 Å². The van der Waals surface area contributed by atoms with Crippen molar-refractivity contribution in [1.29, 1.82) is 0 Å². The minimum absolute atomic E-state index is 0.178. The summed E-state index contributed by atoms with van der Waals surface area (Å²) in [5.74, 6) is 0.435. The van der Waals surface area contributed by atoms with Gasteiger partial charge in [0.05, 0.1) is 36.7 Å². The summed E-state index contributed by atoms with van der Waals surface area (Å²) in [7, 11) is 3.59. The molecule has 10 heteroatoms. The first kappa shape index (κ1) is 38.4. The molecule has 0 fully saturated rings. The first-order chi connectivity index (χ1) is 24.9. The number of fused-ring (bicyclic) bond motifs is 2. The predicted octanol–water partition coefficient (Wildman–Crippen LogP) is 8.39. The van der Waals surface area contributed by atoms with Crippen molar-refractivity contribution in [2.75, 3.05) is 26.8 Å². The van der Waals surface area contributed by atoms with Gasteiger partial charge in [0.1, 0.15) is 17.0 Å². The summed E-state index contributed by atoms with van der Waals surface area (Å²) in [4.78, 5) is 28.4. The Morgan fingerprint density at radius 3 is 2.40 bits per heavy atom. The minimum atomic E-state index is -0.609. The third kappa shape index (κ3) is 8.28. The number of aliphatic hydroxyl groups excluding tert-OH is 1. The molecule has 0 atom stereocenters. The van der Waals surface area contributed by atoms with Crippen LogP contribution in [-0.2, 0) is 42.5 Å². The number of nitrogens with zero attached hydrogens (tertiary/aromatic N) is 4. The normalized spacial score (nSPS) is 11.7. The van der Waals surface area contributed by atoms with E-state index in [1.165, 1.54) is 0 Å². The van der Waals surface area contributed by atoms with E-state index in [1.54, 1.807) is 16.6 Å². The summed E-state index contributed by atoms with van der Waals surface area (Å²) >= 11 is 0. The fourth-order valence-electron chi connectivity index (χ4n) is 6.99. The van der Waals surface area contributed by atoms with Crippen molar-refractivity contribution in [3.63, 3.8) is 0 Å². The van der Waals surface area contributed by atoms with E-state index in [-0.39, 0.29) is 13.2 Å². The van der Waals surface area contributed by atoms with Gasteiger partial charge in [-0.1, -0.05) is 61.9 Å². The van der Waals surface area contributed by atoms with Crippen LogP contribution in [0.3, 0.4) is 0 Å². The molecule has 0 aliphatic heterocycles. The van der Waals surface area contributed by atoms with Gasteiger partial charge in [0.15, 0.2) is 0 Å². The van der Waals surface area contributed by atoms with Crippen molar-refractivity contribution in [3.8, 4) is 16.9 Å². The van der Waals surface area contributed by atoms with Gasteiger partial charge in [-0.2, -0.15) is 5.10 Å². The fourth-order valence-corrected chi connectivity index (χ4v) is 6.99. The molecule has 1 N–H and O–H groups in total. The van der Waals surface area contributed by atoms with Crippen molar-refractivity contribution in [3.05, 3.63) is 82.8 Å². The van der Waals surface area contributed by atoms with Gasteiger partial charge in [-0.15, -0.1) is 0 Å². The quantitative estimate of drug-likeness (QED) is 0.0859. The zero-order valence-electron chi connectivity index (χ0n) is 32.0. The van der Waals surface area contributed by atoms with Crippen LogP contribution in [0.15, 0.2) is 54.6 Å². The van der Waals surface area contributed by atoms with Crippen LogP contribution in [0.1, 0.15) is 86.9 Å². The van der Waals surface area contributed by atoms with Crippen LogP contribution in [0.2, 0.25) is 0 Å². The maximum atomic E-state index is 14.0. The zero-order valence-corrected chi connectivity index (χ0v) is 32.0. The van der Waals surface area contributed by atoms with E-state index in [4.69, 9.17) is 19.3 Å². The Kier molecular flexibility index (Phi) is 12.3. The third-order valence-corrected chi connectivity index (χ3v) is 9.29. The number of esters is 1. The van der Waals surface area contributed by atoms with Crippen LogP contribution >= 0.6 is 0 Å². The minimum Gasteiger partial charge on any atom is -0.493 e. The average Bonchev–Trinajstić information content (AvgIpc) is 3.58. The summed E-state index contributed by atoms with van der Waals surface area (Å²) in [6, 6.07) is 18.4. The number of aromatic nitrogens is 3. The Hall–Kier alpha value is -4.83. The lowest BCUT2D eigenvalue weighted by molar-refractivity contribution is 0.0294. The number of ether oxygens (including phenoxy) is 3. The van der Waals surface area contributed by atoms with Gasteiger partial charge in [0, 0.05) is 49.1 Å². The summed E-state index contributed by atoms with van der Waals surface area (Å²) in [6.45, 7) is 12.9. The van der Waals surface area contributed by atoms with Crippen molar-refractivity contribution in [2.45, 2.75) is 92.4 Å². The molecule has 0 aliphatic carbocycles. The Balaban J connectivity index is 1.61. The predicted molar refractivity (Wildman–Crippen MR) is 206 cm³/mol. The molecule has 2 heterocycles. The number of carbonyl (C=O) groups excluding carboxylic acids is 2. The summed E-state index contributed by atoms with van der Waals surface area (Å²) < 4.78 is 21.5. The van der Waals surface area contributed by atoms with Crippen molar-refractivity contribution in [1.82, 2.24) is 19.2 Å². The lowest BCUT2D eigenvalue weighted by atomic mass is 9.93. The van der Waals surface area contributed by atoms with E-state index in [1.807, 2.05) is 59.0 Å². The molecule has 0 saturated heterocycles. The van der Waals surface area contributed by atoms with Crippen molar-refractivity contribution < 1.29 is 28.9 Å². The van der Waals surface area contributed by atoms with E-state index in [9.17, 15) is 14.7 Å². The van der Waals surface area contributed by atoms with Crippen LogP contribution in [0.5, 0.6) is 5.75 Å². The topological polar surface area (TPSA) is 108 Å². The first-order valence-corrected chi connectivity index (χ1v) is 18.4. The Morgan fingerprint density at radius 1 is 0.942 bits per heavy atom. The Labute approximate surface area is 307 Å². The third-order valence-electron chi connectivity index (χ3n) is 9.29. The maximum Gasteiger partial charge on any atom is 0.410 e. The zero-order chi connectivity index (χ0) is 37.6. The van der Waals surface area contributed by atoms with Crippen molar-refractivity contribution in [2.24, 2.45) is 7.05 Å². The largest absolute Gasteiger partial charge is 0.493 e. The molecule has 2 aromatic heterocycles. The molecular weight excluding hydrogens is 656 g/mol. The molecule has 0 bridgehead atoms. The molecule has 10 nitrogen and oxygen atoms in total.